The second kappa shape index (κ2) is 6.17. The van der Waals surface area contributed by atoms with Gasteiger partial charge in [-0.3, -0.25) is 10.1 Å². The zero-order valence-corrected chi connectivity index (χ0v) is 11.1. The number of nitrogens with zero attached hydrogens (tertiary/aromatic N) is 1. The Bertz CT molecular complexity index is 657. The van der Waals surface area contributed by atoms with Crippen molar-refractivity contribution in [3.63, 3.8) is 0 Å². The fourth-order valence-electron chi connectivity index (χ4n) is 1.92. The predicted molar refractivity (Wildman–Crippen MR) is 73.3 cm³/mol. The van der Waals surface area contributed by atoms with Crippen molar-refractivity contribution in [3.05, 3.63) is 63.7 Å². The first-order chi connectivity index (χ1) is 10.0. The summed E-state index contributed by atoms with van der Waals surface area (Å²) in [5.41, 5.74) is 0.722. The minimum atomic E-state index is -0.752. The van der Waals surface area contributed by atoms with Crippen molar-refractivity contribution in [3.8, 4) is 5.75 Å². The molecule has 0 aromatic heterocycles. The van der Waals surface area contributed by atoms with Gasteiger partial charge < -0.3 is 10.1 Å². The molecule has 110 valence electrons. The Morgan fingerprint density at radius 3 is 2.48 bits per heavy atom. The number of halogens is 2. The molecule has 0 atom stereocenters. The minimum Gasteiger partial charge on any atom is -0.489 e. The summed E-state index contributed by atoms with van der Waals surface area (Å²) in [7, 11) is 1.55. The lowest BCUT2D eigenvalue weighted by molar-refractivity contribution is -0.384. The summed E-state index contributed by atoms with van der Waals surface area (Å²) in [4.78, 5) is 10.4. The molecule has 0 unspecified atom stereocenters. The molecule has 5 nitrogen and oxygen atoms in total. The molecule has 0 amide bonds. The summed E-state index contributed by atoms with van der Waals surface area (Å²) in [6.07, 6.45) is 0. The van der Waals surface area contributed by atoms with Crippen LogP contribution in [0.2, 0.25) is 0 Å². The normalized spacial score (nSPS) is 10.2. The first-order valence-electron chi connectivity index (χ1n) is 6.04. The highest BCUT2D eigenvalue weighted by atomic mass is 19.1. The molecule has 2 rings (SSSR count). The Morgan fingerprint density at radius 2 is 1.90 bits per heavy atom. The summed E-state index contributed by atoms with van der Waals surface area (Å²) in [5, 5.41) is 13.7. The Hall–Kier alpha value is -2.70. The van der Waals surface area contributed by atoms with Crippen LogP contribution >= 0.6 is 0 Å². The predicted octanol–water partition coefficient (Wildman–Crippen LogP) is 3.49. The van der Waals surface area contributed by atoms with Crippen LogP contribution in [0.1, 0.15) is 5.56 Å². The lowest BCUT2D eigenvalue weighted by Gasteiger charge is -2.11. The van der Waals surface area contributed by atoms with Crippen molar-refractivity contribution >= 4 is 11.4 Å². The number of nitro benzene ring substituents is 1. The van der Waals surface area contributed by atoms with E-state index in [1.165, 1.54) is 12.1 Å². The van der Waals surface area contributed by atoms with Gasteiger partial charge in [0.1, 0.15) is 29.7 Å². The van der Waals surface area contributed by atoms with Crippen molar-refractivity contribution in [2.24, 2.45) is 0 Å². The number of nitrogens with one attached hydrogen (secondary N) is 1. The number of hydrogen-bond acceptors (Lipinski definition) is 4. The van der Waals surface area contributed by atoms with Crippen LogP contribution in [-0.2, 0) is 6.61 Å². The van der Waals surface area contributed by atoms with Gasteiger partial charge in [-0.15, -0.1) is 0 Å². The number of para-hydroxylation sites is 1. The van der Waals surface area contributed by atoms with E-state index in [0.717, 1.165) is 18.2 Å². The maximum atomic E-state index is 13.0. The van der Waals surface area contributed by atoms with Gasteiger partial charge in [0.15, 0.2) is 0 Å². The summed E-state index contributed by atoms with van der Waals surface area (Å²) >= 11 is 0. The molecule has 0 aliphatic heterocycles. The van der Waals surface area contributed by atoms with Crippen molar-refractivity contribution in [2.45, 2.75) is 6.61 Å². The second-order valence-electron chi connectivity index (χ2n) is 4.21. The summed E-state index contributed by atoms with van der Waals surface area (Å²) in [5.74, 6) is -1.49. The van der Waals surface area contributed by atoms with Crippen LogP contribution in [0.5, 0.6) is 5.75 Å². The van der Waals surface area contributed by atoms with E-state index >= 15 is 0 Å². The zero-order valence-electron chi connectivity index (χ0n) is 11.1. The Balaban J connectivity index is 2.23. The fraction of sp³-hybridized carbons (Fsp3) is 0.143. The van der Waals surface area contributed by atoms with Gasteiger partial charge in [-0.1, -0.05) is 12.1 Å². The number of benzene rings is 2. The molecule has 21 heavy (non-hydrogen) atoms. The molecule has 0 spiro atoms. The maximum absolute atomic E-state index is 13.0. The van der Waals surface area contributed by atoms with Gasteiger partial charge in [0, 0.05) is 36.9 Å². The number of ether oxygens (including phenoxy) is 1. The quantitative estimate of drug-likeness (QED) is 0.677. The van der Waals surface area contributed by atoms with E-state index in [0.29, 0.717) is 11.3 Å². The molecule has 0 aliphatic carbocycles. The largest absolute Gasteiger partial charge is 0.489 e. The zero-order chi connectivity index (χ0) is 15.4. The van der Waals surface area contributed by atoms with E-state index < -0.39 is 16.6 Å². The van der Waals surface area contributed by atoms with Gasteiger partial charge in [-0.2, -0.15) is 0 Å². The van der Waals surface area contributed by atoms with Gasteiger partial charge >= 0.3 is 0 Å². The molecular weight excluding hydrogens is 282 g/mol. The van der Waals surface area contributed by atoms with Crippen molar-refractivity contribution in [2.75, 3.05) is 12.4 Å². The summed E-state index contributed by atoms with van der Waals surface area (Å²) in [6.45, 7) is -0.0548. The first kappa shape index (κ1) is 14.7. The highest BCUT2D eigenvalue weighted by Gasteiger charge is 2.16. The average Bonchev–Trinajstić information content (AvgIpc) is 2.43. The molecule has 0 fully saturated rings. The topological polar surface area (TPSA) is 64.4 Å². The van der Waals surface area contributed by atoms with E-state index in [1.807, 2.05) is 0 Å². The van der Waals surface area contributed by atoms with Gasteiger partial charge in [0.2, 0.25) is 0 Å². The van der Waals surface area contributed by atoms with Gasteiger partial charge in [-0.05, 0) is 0 Å². The van der Waals surface area contributed by atoms with Gasteiger partial charge in [0.05, 0.1) is 4.92 Å². The average molecular weight is 294 g/mol. The third-order valence-corrected chi connectivity index (χ3v) is 2.81. The van der Waals surface area contributed by atoms with Crippen molar-refractivity contribution < 1.29 is 18.4 Å². The summed E-state index contributed by atoms with van der Waals surface area (Å²) in [6, 6.07) is 7.33. The molecule has 0 heterocycles. The highest BCUT2D eigenvalue weighted by molar-refractivity contribution is 5.65. The molecule has 0 aliphatic rings. The molecule has 7 heteroatoms. The van der Waals surface area contributed by atoms with Crippen LogP contribution in [0.15, 0.2) is 36.4 Å². The smallest absolute Gasteiger partial charge is 0.292 e. The number of rotatable bonds is 5. The monoisotopic (exact) mass is 294 g/mol. The third-order valence-electron chi connectivity index (χ3n) is 2.81. The van der Waals surface area contributed by atoms with Crippen LogP contribution in [0.4, 0.5) is 20.2 Å². The second-order valence-corrected chi connectivity index (χ2v) is 4.21. The van der Waals surface area contributed by atoms with E-state index in [2.05, 4.69) is 5.32 Å². The Labute approximate surface area is 119 Å². The SMILES string of the molecule is CNc1c(COc2cc(F)cc(F)c2)cccc1[N+](=O)[O-]. The van der Waals surface area contributed by atoms with Gasteiger partial charge in [-0.25, -0.2) is 8.78 Å². The molecule has 2 aromatic rings. The number of hydrogen-bond donors (Lipinski definition) is 1. The number of anilines is 1. The van der Waals surface area contributed by atoms with Crippen LogP contribution in [0.3, 0.4) is 0 Å². The van der Waals surface area contributed by atoms with E-state index in [-0.39, 0.29) is 18.0 Å². The van der Waals surface area contributed by atoms with Crippen molar-refractivity contribution in [1.82, 2.24) is 0 Å². The maximum Gasteiger partial charge on any atom is 0.292 e. The Kier molecular flexibility index (Phi) is 4.32. The first-order valence-corrected chi connectivity index (χ1v) is 6.04. The van der Waals surface area contributed by atoms with Crippen LogP contribution < -0.4 is 10.1 Å². The molecule has 0 saturated heterocycles. The van der Waals surface area contributed by atoms with E-state index in [4.69, 9.17) is 4.74 Å². The standard InChI is InChI=1S/C14H12F2N2O3/c1-17-14-9(3-2-4-13(14)18(19)20)8-21-12-6-10(15)5-11(16)7-12/h2-7,17H,8H2,1H3. The van der Waals surface area contributed by atoms with E-state index in [9.17, 15) is 18.9 Å². The molecule has 0 bridgehead atoms. The highest BCUT2D eigenvalue weighted by Crippen LogP contribution is 2.28. The molecule has 0 radical (unpaired) electrons. The summed E-state index contributed by atoms with van der Waals surface area (Å²) < 4.78 is 31.4. The molecule has 1 N–H and O–H groups in total. The molecule has 0 saturated carbocycles. The lowest BCUT2D eigenvalue weighted by Crippen LogP contribution is -2.04. The van der Waals surface area contributed by atoms with E-state index in [1.54, 1.807) is 13.1 Å². The van der Waals surface area contributed by atoms with Gasteiger partial charge in [0.25, 0.3) is 5.69 Å². The minimum absolute atomic E-state index is 0.0149. The number of nitro groups is 1. The third kappa shape index (κ3) is 3.44. The fourth-order valence-corrected chi connectivity index (χ4v) is 1.92. The van der Waals surface area contributed by atoms with Crippen LogP contribution in [-0.4, -0.2) is 12.0 Å². The lowest BCUT2D eigenvalue weighted by atomic mass is 10.1. The van der Waals surface area contributed by atoms with Crippen molar-refractivity contribution in [1.29, 1.82) is 0 Å². The van der Waals surface area contributed by atoms with Crippen LogP contribution in [0, 0.1) is 21.7 Å². The Morgan fingerprint density at radius 1 is 1.24 bits per heavy atom. The molecule has 2 aromatic carbocycles. The molecular formula is C14H12F2N2O3. The van der Waals surface area contributed by atoms with Crippen LogP contribution in [0.25, 0.3) is 0 Å².